The Labute approximate surface area is 275 Å². The first-order valence-corrected chi connectivity index (χ1v) is 16.2. The van der Waals surface area contributed by atoms with Gasteiger partial charge in [-0.3, -0.25) is 9.59 Å². The molecule has 49 heavy (non-hydrogen) atoms. The van der Waals surface area contributed by atoms with E-state index in [1.807, 2.05) is 0 Å². The number of nitrogens with one attached hydrogen (secondary N) is 2. The van der Waals surface area contributed by atoms with Gasteiger partial charge in [0.25, 0.3) is 5.91 Å². The normalized spacial score (nSPS) is 24.2. The monoisotopic (exact) mass is 691 g/mol. The summed E-state index contributed by atoms with van der Waals surface area (Å²) in [6.45, 7) is 3.31. The number of carbonyl (C=O) groups is 2. The third kappa shape index (κ3) is 6.73. The van der Waals surface area contributed by atoms with Gasteiger partial charge < -0.3 is 15.1 Å². The Morgan fingerprint density at radius 1 is 1.16 bits per heavy atom. The number of hydrogen-bond donors (Lipinski definition) is 2. The highest BCUT2D eigenvalue weighted by Gasteiger charge is 2.56. The van der Waals surface area contributed by atoms with Crippen LogP contribution in [0.15, 0.2) is 27.5 Å². The fourth-order valence-electron chi connectivity index (χ4n) is 7.22. The summed E-state index contributed by atoms with van der Waals surface area (Å²) in [5.74, 6) is -4.43. The molecule has 0 unspecified atom stereocenters. The molecular formula is C31H34F5N9O4. The van der Waals surface area contributed by atoms with Crippen LogP contribution in [0, 0.1) is 18.3 Å². The molecule has 18 heteroatoms. The zero-order valence-electron chi connectivity index (χ0n) is 26.6. The predicted molar refractivity (Wildman–Crippen MR) is 157 cm³/mol. The third-order valence-corrected chi connectivity index (χ3v) is 9.91. The summed E-state index contributed by atoms with van der Waals surface area (Å²) in [6.07, 6.45) is -0.925. The molecule has 2 amide bonds. The van der Waals surface area contributed by atoms with Crippen molar-refractivity contribution in [1.29, 1.82) is 0 Å². The SMILES string of the molecule is Cc1nnc([C@H](C)C[C@]2(Cc3cnn4cc([C@@H](NC(=O)c5nonc5C5CC5)C5CCC(F)(F)CC5)nc4c3)C[C@@H](C(F)(F)F)NC2=O)o1. The van der Waals surface area contributed by atoms with E-state index >= 15 is 0 Å². The summed E-state index contributed by atoms with van der Waals surface area (Å²) >= 11 is 0. The maximum absolute atomic E-state index is 14.1. The van der Waals surface area contributed by atoms with Crippen LogP contribution >= 0.6 is 0 Å². The summed E-state index contributed by atoms with van der Waals surface area (Å²) in [6, 6.07) is -1.19. The predicted octanol–water partition coefficient (Wildman–Crippen LogP) is 5.15. The van der Waals surface area contributed by atoms with Crippen molar-refractivity contribution < 1.29 is 40.6 Å². The Morgan fingerprint density at radius 2 is 1.92 bits per heavy atom. The van der Waals surface area contributed by atoms with E-state index in [9.17, 15) is 31.5 Å². The number of aryl methyl sites for hydroxylation is 1. The first kappa shape index (κ1) is 33.0. The number of carbonyl (C=O) groups excluding carboxylic acids is 2. The lowest BCUT2D eigenvalue weighted by Gasteiger charge is -2.33. The molecule has 13 nitrogen and oxygen atoms in total. The first-order valence-electron chi connectivity index (χ1n) is 16.2. The summed E-state index contributed by atoms with van der Waals surface area (Å²) < 4.78 is 81.6. The number of rotatable bonds is 10. The largest absolute Gasteiger partial charge is 0.425 e. The molecule has 0 aromatic carbocycles. The quantitative estimate of drug-likeness (QED) is 0.212. The van der Waals surface area contributed by atoms with Gasteiger partial charge in [0.05, 0.1) is 29.5 Å². The number of fused-ring (bicyclic) bond motifs is 1. The molecule has 4 atom stereocenters. The number of imidazole rings is 1. The molecular weight excluding hydrogens is 657 g/mol. The third-order valence-electron chi connectivity index (χ3n) is 9.91. The topological polar surface area (TPSA) is 166 Å². The fraction of sp³-hybridized carbons (Fsp3) is 0.613. The van der Waals surface area contributed by atoms with Gasteiger partial charge in [0, 0.05) is 31.6 Å². The number of halogens is 5. The highest BCUT2D eigenvalue weighted by Crippen LogP contribution is 2.46. The van der Waals surface area contributed by atoms with Crippen LogP contribution in [0.2, 0.25) is 0 Å². The molecule has 3 fully saturated rings. The van der Waals surface area contributed by atoms with Gasteiger partial charge in [-0.2, -0.15) is 18.3 Å². The number of hydrogen-bond acceptors (Lipinski definition) is 10. The maximum Gasteiger partial charge on any atom is 0.408 e. The second-order valence-electron chi connectivity index (χ2n) is 13.7. The Kier molecular flexibility index (Phi) is 8.16. The van der Waals surface area contributed by atoms with Crippen LogP contribution in [-0.2, 0) is 11.2 Å². The first-order chi connectivity index (χ1) is 23.2. The van der Waals surface area contributed by atoms with Crippen molar-refractivity contribution in [3.63, 3.8) is 0 Å². The molecule has 2 N–H and O–H groups in total. The Morgan fingerprint density at radius 3 is 2.57 bits per heavy atom. The summed E-state index contributed by atoms with van der Waals surface area (Å²) in [4.78, 5) is 31.5. The molecule has 0 radical (unpaired) electrons. The lowest BCUT2D eigenvalue weighted by atomic mass is 9.73. The van der Waals surface area contributed by atoms with Gasteiger partial charge in [-0.25, -0.2) is 22.9 Å². The van der Waals surface area contributed by atoms with Crippen molar-refractivity contribution >= 4 is 17.5 Å². The van der Waals surface area contributed by atoms with Crippen LogP contribution in [0.3, 0.4) is 0 Å². The highest BCUT2D eigenvalue weighted by atomic mass is 19.4. The molecule has 5 heterocycles. The van der Waals surface area contributed by atoms with Crippen LogP contribution in [0.25, 0.3) is 5.65 Å². The van der Waals surface area contributed by atoms with Crippen LogP contribution < -0.4 is 10.6 Å². The molecule has 1 aliphatic heterocycles. The van der Waals surface area contributed by atoms with E-state index in [0.29, 0.717) is 28.5 Å². The number of amides is 2. The van der Waals surface area contributed by atoms with E-state index in [4.69, 9.17) is 14.0 Å². The molecule has 0 bridgehead atoms. The lowest BCUT2D eigenvalue weighted by Crippen LogP contribution is -2.39. The van der Waals surface area contributed by atoms with Crippen molar-refractivity contribution in [3.05, 3.63) is 52.9 Å². The second-order valence-corrected chi connectivity index (χ2v) is 13.7. The van der Waals surface area contributed by atoms with Crippen molar-refractivity contribution in [1.82, 2.24) is 45.7 Å². The standard InChI is InChI=1S/C31H34F5N9O4/c1-15(27-42-41-16(2)48-27)10-29(12-21(31(34,35)36)39-28(29)47)11-17-9-22-38-20(14-45(22)37-13-17)23(19-5-7-30(32,33)8-6-19)40-26(46)25-24(18-3-4-18)43-49-44-25/h9,13-15,18-19,21,23H,3-8,10-12H2,1-2H3,(H,39,47)(H,40,46)/t15-,21+,23+,29+/m1/s1. The minimum absolute atomic E-state index is 0.00190. The smallest absolute Gasteiger partial charge is 0.408 e. The highest BCUT2D eigenvalue weighted by molar-refractivity contribution is 5.93. The fourth-order valence-corrected chi connectivity index (χ4v) is 7.22. The van der Waals surface area contributed by atoms with Gasteiger partial charge in [-0.05, 0) is 67.7 Å². The lowest BCUT2D eigenvalue weighted by molar-refractivity contribution is -0.155. The molecule has 2 saturated carbocycles. The van der Waals surface area contributed by atoms with E-state index in [2.05, 4.69) is 36.2 Å². The Bertz CT molecular complexity index is 1860. The molecule has 4 aromatic rings. The van der Waals surface area contributed by atoms with Crippen LogP contribution in [0.5, 0.6) is 0 Å². The molecule has 3 aliphatic rings. The van der Waals surface area contributed by atoms with E-state index < -0.39 is 53.8 Å². The molecule has 0 spiro atoms. The van der Waals surface area contributed by atoms with Crippen LogP contribution in [-0.4, -0.2) is 65.1 Å². The van der Waals surface area contributed by atoms with Crippen molar-refractivity contribution in [2.75, 3.05) is 0 Å². The van der Waals surface area contributed by atoms with Crippen LogP contribution in [0.4, 0.5) is 22.0 Å². The van der Waals surface area contributed by atoms with Gasteiger partial charge in [-0.15, -0.1) is 10.2 Å². The second kappa shape index (κ2) is 12.1. The van der Waals surface area contributed by atoms with Gasteiger partial charge in [-0.1, -0.05) is 12.1 Å². The van der Waals surface area contributed by atoms with Crippen molar-refractivity contribution in [2.45, 2.75) is 108 Å². The Hall–Kier alpha value is -4.51. The van der Waals surface area contributed by atoms with Crippen LogP contribution in [0.1, 0.15) is 115 Å². The van der Waals surface area contributed by atoms with E-state index in [0.717, 1.165) is 12.8 Å². The number of alkyl halides is 5. The van der Waals surface area contributed by atoms with Crippen molar-refractivity contribution in [2.24, 2.45) is 11.3 Å². The van der Waals surface area contributed by atoms with Gasteiger partial charge in [0.1, 0.15) is 11.7 Å². The van der Waals surface area contributed by atoms with Gasteiger partial charge >= 0.3 is 6.18 Å². The zero-order valence-corrected chi connectivity index (χ0v) is 26.6. The van der Waals surface area contributed by atoms with Crippen molar-refractivity contribution in [3.8, 4) is 0 Å². The van der Waals surface area contributed by atoms with E-state index in [1.54, 1.807) is 26.1 Å². The maximum atomic E-state index is 14.1. The molecule has 262 valence electrons. The van der Waals surface area contributed by atoms with E-state index in [1.165, 1.54) is 10.7 Å². The summed E-state index contributed by atoms with van der Waals surface area (Å²) in [5.41, 5.74) is 0.136. The molecule has 7 rings (SSSR count). The zero-order chi connectivity index (χ0) is 34.7. The molecule has 2 aliphatic carbocycles. The summed E-state index contributed by atoms with van der Waals surface area (Å²) in [5, 5.41) is 25.0. The molecule has 4 aromatic heterocycles. The van der Waals surface area contributed by atoms with Gasteiger partial charge in [0.2, 0.25) is 23.6 Å². The number of nitrogens with zero attached hydrogens (tertiary/aromatic N) is 7. The summed E-state index contributed by atoms with van der Waals surface area (Å²) in [7, 11) is 0. The molecule has 1 saturated heterocycles. The number of aromatic nitrogens is 7. The Balaban J connectivity index is 1.18. The minimum Gasteiger partial charge on any atom is -0.425 e. The van der Waals surface area contributed by atoms with Gasteiger partial charge in [0.15, 0.2) is 11.3 Å². The minimum atomic E-state index is -4.65. The average molecular weight is 692 g/mol. The van der Waals surface area contributed by atoms with E-state index in [-0.39, 0.29) is 61.9 Å². The average Bonchev–Trinajstić information content (AvgIpc) is 3.36.